The highest BCUT2D eigenvalue weighted by Gasteiger charge is 2.09. The molecule has 4 aromatic carbocycles. The summed E-state index contributed by atoms with van der Waals surface area (Å²) < 4.78 is 5.16. The summed E-state index contributed by atoms with van der Waals surface area (Å²) in [6, 6.07) is 18.5. The predicted octanol–water partition coefficient (Wildman–Crippen LogP) is 7.05. The maximum Gasteiger partial charge on any atom is 0.119 e. The number of phenols is 3. The van der Waals surface area contributed by atoms with Crippen molar-refractivity contribution in [3.63, 3.8) is 0 Å². The number of hydrogen-bond acceptors (Lipinski definition) is 4. The summed E-state index contributed by atoms with van der Waals surface area (Å²) in [7, 11) is 1.64. The summed E-state index contributed by atoms with van der Waals surface area (Å²) in [5, 5.41) is 33.0. The van der Waals surface area contributed by atoms with Crippen LogP contribution in [0.2, 0.25) is 0 Å². The fourth-order valence-electron chi connectivity index (χ4n) is 3.62. The Morgan fingerprint density at radius 2 is 1.06 bits per heavy atom. The summed E-state index contributed by atoms with van der Waals surface area (Å²) >= 11 is 0. The van der Waals surface area contributed by atoms with Crippen molar-refractivity contribution in [1.82, 2.24) is 0 Å². The fourth-order valence-corrected chi connectivity index (χ4v) is 3.62. The first kappa shape index (κ1) is 22.3. The van der Waals surface area contributed by atoms with E-state index in [9.17, 15) is 15.3 Å². The topological polar surface area (TPSA) is 69.9 Å². The number of hydrogen-bond donors (Lipinski definition) is 3. The zero-order valence-corrected chi connectivity index (χ0v) is 18.7. The van der Waals surface area contributed by atoms with E-state index in [2.05, 4.69) is 13.8 Å². The van der Waals surface area contributed by atoms with E-state index >= 15 is 0 Å². The number of fused-ring (bicyclic) bond motifs is 2. The van der Waals surface area contributed by atoms with Gasteiger partial charge in [0, 0.05) is 0 Å². The van der Waals surface area contributed by atoms with Gasteiger partial charge in [0.15, 0.2) is 0 Å². The third-order valence-corrected chi connectivity index (χ3v) is 5.41. The highest BCUT2D eigenvalue weighted by atomic mass is 16.5. The van der Waals surface area contributed by atoms with Crippen LogP contribution in [0.1, 0.15) is 50.7 Å². The van der Waals surface area contributed by atoms with Gasteiger partial charge in [-0.3, -0.25) is 0 Å². The number of aromatic hydroxyl groups is 3. The van der Waals surface area contributed by atoms with Gasteiger partial charge in [0.1, 0.15) is 23.0 Å². The van der Waals surface area contributed by atoms with Crippen LogP contribution in [-0.4, -0.2) is 22.4 Å². The molecule has 31 heavy (non-hydrogen) atoms. The molecule has 0 amide bonds. The van der Waals surface area contributed by atoms with Gasteiger partial charge in [0.25, 0.3) is 0 Å². The number of ether oxygens (including phenoxy) is 1. The second-order valence-electron chi connectivity index (χ2n) is 8.38. The van der Waals surface area contributed by atoms with Gasteiger partial charge in [-0.05, 0) is 93.0 Å². The lowest BCUT2D eigenvalue weighted by Gasteiger charge is -2.10. The number of benzene rings is 4. The van der Waals surface area contributed by atoms with Crippen molar-refractivity contribution in [1.29, 1.82) is 0 Å². The predicted molar refractivity (Wildman–Crippen MR) is 128 cm³/mol. The molecule has 0 fully saturated rings. The largest absolute Gasteiger partial charge is 0.508 e. The highest BCUT2D eigenvalue weighted by molar-refractivity contribution is 5.87. The molecular formula is C27H30O4. The molecule has 162 valence electrons. The van der Waals surface area contributed by atoms with Crippen LogP contribution in [0.25, 0.3) is 21.5 Å². The molecule has 4 rings (SSSR count). The Morgan fingerprint density at radius 1 is 0.581 bits per heavy atom. The minimum Gasteiger partial charge on any atom is -0.508 e. The first-order valence-electron chi connectivity index (χ1n) is 10.5. The molecule has 0 atom stereocenters. The van der Waals surface area contributed by atoms with Crippen LogP contribution >= 0.6 is 0 Å². The van der Waals surface area contributed by atoms with Crippen LogP contribution in [0.5, 0.6) is 23.0 Å². The summed E-state index contributed by atoms with van der Waals surface area (Å²) in [5.74, 6) is 2.30. The minimum absolute atomic E-state index is 0.221. The Hall–Kier alpha value is -3.40. The van der Waals surface area contributed by atoms with Crippen molar-refractivity contribution in [2.45, 2.75) is 39.5 Å². The van der Waals surface area contributed by atoms with Crippen molar-refractivity contribution >= 4 is 21.5 Å². The third-order valence-electron chi connectivity index (χ3n) is 5.41. The molecule has 4 aromatic rings. The first-order chi connectivity index (χ1) is 14.7. The van der Waals surface area contributed by atoms with Crippen LogP contribution in [0, 0.1) is 0 Å². The molecule has 0 saturated carbocycles. The van der Waals surface area contributed by atoms with Crippen molar-refractivity contribution in [3.05, 3.63) is 71.8 Å². The lowest BCUT2D eigenvalue weighted by Crippen LogP contribution is -1.89. The van der Waals surface area contributed by atoms with Crippen molar-refractivity contribution < 1.29 is 20.1 Å². The molecular weight excluding hydrogens is 388 g/mol. The molecule has 0 aliphatic rings. The maximum atomic E-state index is 9.90. The zero-order chi connectivity index (χ0) is 22.7. The summed E-state index contributed by atoms with van der Waals surface area (Å²) in [6.45, 7) is 8.23. The van der Waals surface area contributed by atoms with Gasteiger partial charge in [-0.15, -0.1) is 0 Å². The van der Waals surface area contributed by atoms with Crippen molar-refractivity contribution in [2.24, 2.45) is 0 Å². The molecule has 0 heterocycles. The van der Waals surface area contributed by atoms with Crippen LogP contribution in [0.4, 0.5) is 0 Å². The van der Waals surface area contributed by atoms with Crippen molar-refractivity contribution in [3.8, 4) is 23.0 Å². The Bertz CT molecular complexity index is 1210. The molecule has 0 bridgehead atoms. The van der Waals surface area contributed by atoms with Crippen LogP contribution in [0.15, 0.2) is 60.7 Å². The van der Waals surface area contributed by atoms with Gasteiger partial charge in [0.05, 0.1) is 7.11 Å². The molecule has 0 aliphatic carbocycles. The molecule has 4 heteroatoms. The van der Waals surface area contributed by atoms with Crippen LogP contribution in [0.3, 0.4) is 0 Å². The van der Waals surface area contributed by atoms with Gasteiger partial charge >= 0.3 is 0 Å². The van der Waals surface area contributed by atoms with Crippen LogP contribution < -0.4 is 4.74 Å². The van der Waals surface area contributed by atoms with Gasteiger partial charge in [-0.1, -0.05) is 39.8 Å². The first-order valence-corrected chi connectivity index (χ1v) is 10.5. The van der Waals surface area contributed by atoms with Gasteiger partial charge in [-0.2, -0.15) is 0 Å². The Morgan fingerprint density at radius 3 is 1.55 bits per heavy atom. The van der Waals surface area contributed by atoms with E-state index in [-0.39, 0.29) is 5.75 Å². The number of phenolic OH excluding ortho intramolecular Hbond substituents is 3. The van der Waals surface area contributed by atoms with E-state index in [4.69, 9.17) is 4.74 Å². The Labute approximate surface area is 183 Å². The van der Waals surface area contributed by atoms with E-state index in [0.717, 1.165) is 38.4 Å². The quantitative estimate of drug-likeness (QED) is 0.333. The number of methoxy groups -OCH3 is 1. The third kappa shape index (κ3) is 5.02. The molecule has 0 radical (unpaired) electrons. The Balaban J connectivity index is 0.000000176. The van der Waals surface area contributed by atoms with Crippen LogP contribution in [-0.2, 0) is 0 Å². The molecule has 0 unspecified atom stereocenters. The second-order valence-corrected chi connectivity index (χ2v) is 8.38. The van der Waals surface area contributed by atoms with E-state index in [0.29, 0.717) is 23.3 Å². The molecule has 4 nitrogen and oxygen atoms in total. The normalized spacial score (nSPS) is 11.1. The highest BCUT2D eigenvalue weighted by Crippen LogP contribution is 2.33. The second kappa shape index (κ2) is 9.17. The Kier molecular flexibility index (Phi) is 6.59. The van der Waals surface area contributed by atoms with E-state index in [1.165, 1.54) is 0 Å². The molecule has 0 saturated heterocycles. The molecule has 3 N–H and O–H groups in total. The van der Waals surface area contributed by atoms with E-state index < -0.39 is 0 Å². The summed E-state index contributed by atoms with van der Waals surface area (Å²) in [6.07, 6.45) is 0. The summed E-state index contributed by atoms with van der Waals surface area (Å²) in [5.41, 5.74) is 1.92. The maximum absolute atomic E-state index is 9.90. The van der Waals surface area contributed by atoms with Crippen molar-refractivity contribution in [2.75, 3.05) is 7.11 Å². The van der Waals surface area contributed by atoms with Gasteiger partial charge < -0.3 is 20.1 Å². The average molecular weight is 419 g/mol. The number of rotatable bonds is 3. The monoisotopic (exact) mass is 418 g/mol. The lowest BCUT2D eigenvalue weighted by molar-refractivity contribution is 0.415. The molecule has 0 aliphatic heterocycles. The molecule has 0 spiro atoms. The lowest BCUT2D eigenvalue weighted by atomic mass is 9.98. The standard InChI is InChI=1S/C14H16O2.C13H14O2/c1-9(2)13-7-10-4-5-12(16-3)6-11(10)8-14(13)15;1-8(2)12-6-9-3-4-11(14)5-10(9)7-13(12)15/h4-9,15H,1-3H3;3-8,14-15H,1-2H3. The minimum atomic E-state index is 0.221. The van der Waals surface area contributed by atoms with E-state index in [1.807, 2.05) is 50.2 Å². The van der Waals surface area contributed by atoms with Gasteiger partial charge in [0.2, 0.25) is 0 Å². The average Bonchev–Trinajstić information content (AvgIpc) is 2.72. The SMILES string of the molecule is CC(C)c1cc2ccc(O)cc2cc1O.COc1ccc2cc(C(C)C)c(O)cc2c1. The van der Waals surface area contributed by atoms with E-state index in [1.54, 1.807) is 31.4 Å². The summed E-state index contributed by atoms with van der Waals surface area (Å²) in [4.78, 5) is 0. The fraction of sp³-hybridized carbons (Fsp3) is 0.259. The zero-order valence-electron chi connectivity index (χ0n) is 18.7. The smallest absolute Gasteiger partial charge is 0.119 e. The van der Waals surface area contributed by atoms with Gasteiger partial charge in [-0.25, -0.2) is 0 Å². The molecule has 0 aromatic heterocycles.